The van der Waals surface area contributed by atoms with E-state index in [2.05, 4.69) is 27.6 Å². The molecule has 1 heterocycles. The molecule has 0 saturated carbocycles. The highest BCUT2D eigenvalue weighted by molar-refractivity contribution is 5.93. The quantitative estimate of drug-likeness (QED) is 0.725. The summed E-state index contributed by atoms with van der Waals surface area (Å²) >= 11 is 0. The molecule has 0 spiro atoms. The number of aromatic nitrogens is 2. The van der Waals surface area contributed by atoms with Gasteiger partial charge in [0.15, 0.2) is 0 Å². The van der Waals surface area contributed by atoms with Crippen LogP contribution in [0.3, 0.4) is 0 Å². The summed E-state index contributed by atoms with van der Waals surface area (Å²) in [5.41, 5.74) is 3.70. The number of aryl methyl sites for hydroxylation is 1. The normalized spacial score (nSPS) is 16.6. The zero-order chi connectivity index (χ0) is 16.5. The fraction of sp³-hybridized carbons (Fsp3) is 0.158. The number of halogens is 1. The molecule has 120 valence electrons. The van der Waals surface area contributed by atoms with E-state index in [1.54, 1.807) is 12.1 Å². The van der Waals surface area contributed by atoms with Gasteiger partial charge in [-0.15, -0.1) is 0 Å². The summed E-state index contributed by atoms with van der Waals surface area (Å²) in [5, 5.41) is 10.0. The first-order chi connectivity index (χ1) is 11.7. The second kappa shape index (κ2) is 5.92. The summed E-state index contributed by atoms with van der Waals surface area (Å²) in [6.45, 7) is 0. The number of H-pyrrole nitrogens is 1. The fourth-order valence-corrected chi connectivity index (χ4v) is 3.22. The number of hydrogen-bond donors (Lipinski definition) is 2. The van der Waals surface area contributed by atoms with Crippen molar-refractivity contribution in [2.75, 3.05) is 0 Å². The Labute approximate surface area is 138 Å². The second-order valence-electron chi connectivity index (χ2n) is 5.97. The van der Waals surface area contributed by atoms with Gasteiger partial charge in [-0.1, -0.05) is 24.3 Å². The van der Waals surface area contributed by atoms with Gasteiger partial charge in [0.1, 0.15) is 5.82 Å². The van der Waals surface area contributed by atoms with Crippen LogP contribution in [0.4, 0.5) is 4.39 Å². The average molecular weight is 321 g/mol. The van der Waals surface area contributed by atoms with Gasteiger partial charge in [-0.05, 0) is 47.7 Å². The smallest absolute Gasteiger partial charge is 0.244 e. The largest absolute Gasteiger partial charge is 0.346 e. The maximum Gasteiger partial charge on any atom is 0.244 e. The number of carbonyl (C=O) groups is 1. The summed E-state index contributed by atoms with van der Waals surface area (Å²) in [6.07, 6.45) is 6.39. The van der Waals surface area contributed by atoms with Crippen LogP contribution in [0.15, 0.2) is 48.7 Å². The van der Waals surface area contributed by atoms with Crippen molar-refractivity contribution in [3.8, 4) is 0 Å². The maximum atomic E-state index is 13.9. The molecule has 2 N–H and O–H groups in total. The van der Waals surface area contributed by atoms with Gasteiger partial charge >= 0.3 is 0 Å². The summed E-state index contributed by atoms with van der Waals surface area (Å²) in [4.78, 5) is 12.2. The van der Waals surface area contributed by atoms with E-state index in [-0.39, 0.29) is 17.8 Å². The van der Waals surface area contributed by atoms with Crippen LogP contribution in [-0.4, -0.2) is 16.1 Å². The molecule has 0 saturated heterocycles. The van der Waals surface area contributed by atoms with Crippen molar-refractivity contribution in [2.45, 2.75) is 18.9 Å². The van der Waals surface area contributed by atoms with Crippen molar-refractivity contribution in [3.63, 3.8) is 0 Å². The predicted molar refractivity (Wildman–Crippen MR) is 90.7 cm³/mol. The number of hydrogen-bond acceptors (Lipinski definition) is 2. The number of aromatic amines is 1. The molecule has 24 heavy (non-hydrogen) atoms. The van der Waals surface area contributed by atoms with Crippen molar-refractivity contribution in [1.82, 2.24) is 15.5 Å². The number of carbonyl (C=O) groups excluding carboxylic acids is 1. The maximum absolute atomic E-state index is 13.9. The zero-order valence-corrected chi connectivity index (χ0v) is 12.9. The van der Waals surface area contributed by atoms with E-state index in [4.69, 9.17) is 0 Å². The lowest BCUT2D eigenvalue weighted by atomic mass is 10.1. The van der Waals surface area contributed by atoms with E-state index in [0.29, 0.717) is 16.5 Å². The Morgan fingerprint density at radius 1 is 1.33 bits per heavy atom. The Kier molecular flexibility index (Phi) is 3.61. The van der Waals surface area contributed by atoms with Crippen LogP contribution in [0.5, 0.6) is 0 Å². The Morgan fingerprint density at radius 2 is 2.21 bits per heavy atom. The van der Waals surface area contributed by atoms with Gasteiger partial charge in [0.05, 0.1) is 23.1 Å². The zero-order valence-electron chi connectivity index (χ0n) is 12.9. The molecule has 2 aromatic carbocycles. The van der Waals surface area contributed by atoms with Crippen molar-refractivity contribution in [3.05, 3.63) is 71.2 Å². The van der Waals surface area contributed by atoms with E-state index in [1.807, 2.05) is 12.1 Å². The molecular weight excluding hydrogens is 305 g/mol. The Morgan fingerprint density at radius 3 is 3.12 bits per heavy atom. The van der Waals surface area contributed by atoms with Crippen LogP contribution in [0.25, 0.3) is 17.0 Å². The predicted octanol–water partition coefficient (Wildman–Crippen LogP) is 3.52. The highest BCUT2D eigenvalue weighted by Crippen LogP contribution is 2.30. The molecule has 1 aliphatic rings. The van der Waals surface area contributed by atoms with Gasteiger partial charge in [-0.3, -0.25) is 9.89 Å². The van der Waals surface area contributed by atoms with Gasteiger partial charge in [-0.25, -0.2) is 4.39 Å². The van der Waals surface area contributed by atoms with Crippen molar-refractivity contribution < 1.29 is 9.18 Å². The van der Waals surface area contributed by atoms with Crippen LogP contribution in [0.2, 0.25) is 0 Å². The number of nitrogens with zero attached hydrogens (tertiary/aromatic N) is 1. The first kappa shape index (κ1) is 14.6. The molecule has 5 heteroatoms. The summed E-state index contributed by atoms with van der Waals surface area (Å²) < 4.78 is 13.9. The topological polar surface area (TPSA) is 57.8 Å². The first-order valence-corrected chi connectivity index (χ1v) is 7.90. The average Bonchev–Trinajstić information content (AvgIpc) is 3.21. The van der Waals surface area contributed by atoms with E-state index < -0.39 is 0 Å². The molecule has 1 unspecified atom stereocenters. The van der Waals surface area contributed by atoms with Crippen molar-refractivity contribution >= 4 is 22.9 Å². The third kappa shape index (κ3) is 2.69. The molecule has 1 aromatic heterocycles. The molecule has 0 bridgehead atoms. The molecule has 1 atom stereocenters. The summed E-state index contributed by atoms with van der Waals surface area (Å²) in [5.74, 6) is -0.534. The van der Waals surface area contributed by atoms with Gasteiger partial charge in [-0.2, -0.15) is 5.10 Å². The molecule has 4 nitrogen and oxygen atoms in total. The lowest BCUT2D eigenvalue weighted by molar-refractivity contribution is -0.117. The number of rotatable bonds is 3. The Balaban J connectivity index is 1.48. The number of amides is 1. The van der Waals surface area contributed by atoms with E-state index in [9.17, 15) is 9.18 Å². The SMILES string of the molecule is O=C(/C=C/c1cc(F)c2cn[nH]c2c1)NC1CCc2ccccc21. The molecule has 4 rings (SSSR count). The van der Waals surface area contributed by atoms with E-state index in [1.165, 1.54) is 29.5 Å². The van der Waals surface area contributed by atoms with Crippen LogP contribution in [0.1, 0.15) is 29.2 Å². The number of fused-ring (bicyclic) bond motifs is 2. The molecule has 1 aliphatic carbocycles. The summed E-state index contributed by atoms with van der Waals surface area (Å²) in [7, 11) is 0. The van der Waals surface area contributed by atoms with Crippen LogP contribution in [-0.2, 0) is 11.2 Å². The van der Waals surface area contributed by atoms with Crippen molar-refractivity contribution in [2.24, 2.45) is 0 Å². The first-order valence-electron chi connectivity index (χ1n) is 7.90. The lowest BCUT2D eigenvalue weighted by Gasteiger charge is -2.12. The molecule has 1 amide bonds. The molecule has 3 aromatic rings. The summed E-state index contributed by atoms with van der Waals surface area (Å²) in [6, 6.07) is 11.4. The van der Waals surface area contributed by atoms with Crippen LogP contribution in [0, 0.1) is 5.82 Å². The minimum Gasteiger partial charge on any atom is -0.346 e. The highest BCUT2D eigenvalue weighted by atomic mass is 19.1. The van der Waals surface area contributed by atoms with E-state index >= 15 is 0 Å². The molecule has 0 fully saturated rings. The fourth-order valence-electron chi connectivity index (χ4n) is 3.22. The number of nitrogens with one attached hydrogen (secondary N) is 2. The van der Waals surface area contributed by atoms with Gasteiger partial charge in [0.2, 0.25) is 5.91 Å². The van der Waals surface area contributed by atoms with Gasteiger partial charge < -0.3 is 5.32 Å². The molecular formula is C19H16FN3O. The third-order valence-corrected chi connectivity index (χ3v) is 4.41. The Hall–Kier alpha value is -2.95. The minimum atomic E-state index is -0.356. The monoisotopic (exact) mass is 321 g/mol. The van der Waals surface area contributed by atoms with Gasteiger partial charge in [0, 0.05) is 6.08 Å². The van der Waals surface area contributed by atoms with Crippen LogP contribution >= 0.6 is 0 Å². The minimum absolute atomic E-state index is 0.0465. The highest BCUT2D eigenvalue weighted by Gasteiger charge is 2.22. The van der Waals surface area contributed by atoms with Gasteiger partial charge in [0.25, 0.3) is 0 Å². The standard InChI is InChI=1S/C19H16FN3O/c20-16-9-12(10-18-15(16)11-21-23-18)5-8-19(24)22-17-7-6-13-3-1-2-4-14(13)17/h1-5,8-11,17H,6-7H2,(H,21,23)(H,22,24)/b8-5+. The third-order valence-electron chi connectivity index (χ3n) is 4.41. The Bertz CT molecular complexity index is 945. The lowest BCUT2D eigenvalue weighted by Crippen LogP contribution is -2.25. The molecule has 0 aliphatic heterocycles. The van der Waals surface area contributed by atoms with E-state index in [0.717, 1.165) is 12.8 Å². The number of benzene rings is 2. The molecule has 0 radical (unpaired) electrons. The second-order valence-corrected chi connectivity index (χ2v) is 5.97. The van der Waals surface area contributed by atoms with Crippen LogP contribution < -0.4 is 5.32 Å². The van der Waals surface area contributed by atoms with Crippen molar-refractivity contribution in [1.29, 1.82) is 0 Å².